The van der Waals surface area contributed by atoms with E-state index in [9.17, 15) is 0 Å². The summed E-state index contributed by atoms with van der Waals surface area (Å²) in [6, 6.07) is 13.8. The molecule has 1 N–H and O–H groups in total. The summed E-state index contributed by atoms with van der Waals surface area (Å²) in [7, 11) is 1.69. The van der Waals surface area contributed by atoms with Crippen molar-refractivity contribution < 1.29 is 4.74 Å². The maximum atomic E-state index is 8.73. The zero-order chi connectivity index (χ0) is 15.4. The van der Waals surface area contributed by atoms with Gasteiger partial charge in [-0.05, 0) is 30.7 Å². The third-order valence-corrected chi connectivity index (χ3v) is 3.75. The Hall–Kier alpha value is -2.81. The number of rotatable bonds is 4. The van der Waals surface area contributed by atoms with E-state index in [1.807, 2.05) is 24.3 Å². The average molecular weight is 295 g/mol. The zero-order valence-electron chi connectivity index (χ0n) is 12.4. The molecular weight excluding hydrogens is 278 g/mol. The number of ether oxygens (including phenoxy) is 1. The van der Waals surface area contributed by atoms with Gasteiger partial charge in [0.2, 0.25) is 0 Å². The van der Waals surface area contributed by atoms with Gasteiger partial charge in [-0.2, -0.15) is 5.26 Å². The predicted octanol–water partition coefficient (Wildman–Crippen LogP) is 2.05. The lowest BCUT2D eigenvalue weighted by Crippen LogP contribution is -2.26. The van der Waals surface area contributed by atoms with E-state index in [2.05, 4.69) is 26.5 Å². The molecule has 6 heteroatoms. The maximum Gasteiger partial charge on any atom is 0.163 e. The van der Waals surface area contributed by atoms with Gasteiger partial charge in [-0.1, -0.05) is 12.1 Å². The molecule has 2 heterocycles. The van der Waals surface area contributed by atoms with Crippen LogP contribution in [0.2, 0.25) is 0 Å². The van der Waals surface area contributed by atoms with Gasteiger partial charge in [0.25, 0.3) is 0 Å². The van der Waals surface area contributed by atoms with Crippen LogP contribution in [-0.2, 0) is 0 Å². The van der Waals surface area contributed by atoms with Crippen molar-refractivity contribution in [2.24, 2.45) is 0 Å². The fourth-order valence-corrected chi connectivity index (χ4v) is 2.67. The molecule has 1 aromatic heterocycles. The first kappa shape index (κ1) is 14.1. The number of anilines is 2. The van der Waals surface area contributed by atoms with Crippen molar-refractivity contribution in [2.45, 2.75) is 12.5 Å². The molecular formula is C16H17N5O. The van der Waals surface area contributed by atoms with Gasteiger partial charge in [-0.15, -0.1) is 10.2 Å². The van der Waals surface area contributed by atoms with E-state index in [1.165, 1.54) is 0 Å². The van der Waals surface area contributed by atoms with Crippen LogP contribution in [0.15, 0.2) is 36.4 Å². The standard InChI is InChI=1S/C16H17N5O/c1-22-15-5-3-2-4-14(15)21-9-8-13(11-21)18-16-7-6-12(10-17)19-20-16/h2-7,13H,8-9,11H2,1H3,(H,18,20). The van der Waals surface area contributed by atoms with E-state index < -0.39 is 0 Å². The highest BCUT2D eigenvalue weighted by Gasteiger charge is 2.24. The van der Waals surface area contributed by atoms with Crippen molar-refractivity contribution in [1.82, 2.24) is 10.2 Å². The van der Waals surface area contributed by atoms with Gasteiger partial charge in [-0.25, -0.2) is 0 Å². The monoisotopic (exact) mass is 295 g/mol. The Labute approximate surface area is 129 Å². The van der Waals surface area contributed by atoms with Crippen molar-refractivity contribution in [3.8, 4) is 11.8 Å². The van der Waals surface area contributed by atoms with Crippen molar-refractivity contribution in [3.63, 3.8) is 0 Å². The first-order chi connectivity index (χ1) is 10.8. The molecule has 0 radical (unpaired) electrons. The van der Waals surface area contributed by atoms with Gasteiger partial charge in [0.1, 0.15) is 17.6 Å². The molecule has 112 valence electrons. The van der Waals surface area contributed by atoms with Crippen LogP contribution in [0.1, 0.15) is 12.1 Å². The molecule has 1 aliphatic rings. The smallest absolute Gasteiger partial charge is 0.163 e. The molecule has 1 fully saturated rings. The van der Waals surface area contributed by atoms with Crippen LogP contribution in [0, 0.1) is 11.3 Å². The van der Waals surface area contributed by atoms with Gasteiger partial charge in [0.15, 0.2) is 5.69 Å². The van der Waals surface area contributed by atoms with Crippen LogP contribution in [0.5, 0.6) is 5.75 Å². The topological polar surface area (TPSA) is 74.1 Å². The summed E-state index contributed by atoms with van der Waals surface area (Å²) in [5, 5.41) is 19.9. The summed E-state index contributed by atoms with van der Waals surface area (Å²) in [6.07, 6.45) is 1.01. The molecule has 0 amide bonds. The number of hydrogen-bond donors (Lipinski definition) is 1. The minimum Gasteiger partial charge on any atom is -0.495 e. The van der Waals surface area contributed by atoms with Crippen LogP contribution in [0.3, 0.4) is 0 Å². The molecule has 0 aliphatic carbocycles. The molecule has 2 aromatic rings. The molecule has 1 atom stereocenters. The van der Waals surface area contributed by atoms with Gasteiger partial charge in [0.05, 0.1) is 12.8 Å². The van der Waals surface area contributed by atoms with Crippen molar-refractivity contribution in [2.75, 3.05) is 30.4 Å². The minimum atomic E-state index is 0.298. The number of methoxy groups -OCH3 is 1. The Morgan fingerprint density at radius 1 is 1.27 bits per heavy atom. The number of para-hydroxylation sites is 2. The normalized spacial score (nSPS) is 17.1. The summed E-state index contributed by atoms with van der Waals surface area (Å²) in [5.41, 5.74) is 1.44. The molecule has 0 saturated carbocycles. The summed E-state index contributed by atoms with van der Waals surface area (Å²) in [5.74, 6) is 1.59. The van der Waals surface area contributed by atoms with Crippen LogP contribution < -0.4 is 15.0 Å². The molecule has 1 aliphatic heterocycles. The maximum absolute atomic E-state index is 8.73. The van der Waals surface area contributed by atoms with Gasteiger partial charge in [-0.3, -0.25) is 0 Å². The Morgan fingerprint density at radius 3 is 2.86 bits per heavy atom. The Morgan fingerprint density at radius 2 is 2.14 bits per heavy atom. The second kappa shape index (κ2) is 6.31. The molecule has 1 aromatic carbocycles. The zero-order valence-corrected chi connectivity index (χ0v) is 12.4. The van der Waals surface area contributed by atoms with E-state index >= 15 is 0 Å². The van der Waals surface area contributed by atoms with Crippen molar-refractivity contribution in [1.29, 1.82) is 5.26 Å². The molecule has 1 saturated heterocycles. The molecule has 6 nitrogen and oxygen atoms in total. The summed E-state index contributed by atoms with van der Waals surface area (Å²) < 4.78 is 5.42. The van der Waals surface area contributed by atoms with Gasteiger partial charge >= 0.3 is 0 Å². The lowest BCUT2D eigenvalue weighted by atomic mass is 10.2. The second-order valence-corrected chi connectivity index (χ2v) is 5.16. The molecule has 22 heavy (non-hydrogen) atoms. The first-order valence-corrected chi connectivity index (χ1v) is 7.18. The summed E-state index contributed by atoms with van der Waals surface area (Å²) in [6.45, 7) is 1.84. The predicted molar refractivity (Wildman–Crippen MR) is 84.0 cm³/mol. The fraction of sp³-hybridized carbons (Fsp3) is 0.312. The SMILES string of the molecule is COc1ccccc1N1CCC(Nc2ccc(C#N)nn2)C1. The fourth-order valence-electron chi connectivity index (χ4n) is 2.67. The Bertz CT molecular complexity index is 680. The van der Waals surface area contributed by atoms with Crippen LogP contribution in [0.4, 0.5) is 11.5 Å². The highest BCUT2D eigenvalue weighted by atomic mass is 16.5. The summed E-state index contributed by atoms with van der Waals surface area (Å²) >= 11 is 0. The lowest BCUT2D eigenvalue weighted by Gasteiger charge is -2.21. The molecule has 0 bridgehead atoms. The van der Waals surface area contributed by atoms with Crippen molar-refractivity contribution in [3.05, 3.63) is 42.1 Å². The van der Waals surface area contributed by atoms with Crippen molar-refractivity contribution >= 4 is 11.5 Å². The third-order valence-electron chi connectivity index (χ3n) is 3.75. The van der Waals surface area contributed by atoms with E-state index in [0.717, 1.165) is 30.9 Å². The largest absolute Gasteiger partial charge is 0.495 e. The number of nitriles is 1. The number of nitrogens with zero attached hydrogens (tertiary/aromatic N) is 4. The van der Waals surface area contributed by atoms with E-state index in [0.29, 0.717) is 17.6 Å². The quantitative estimate of drug-likeness (QED) is 0.930. The van der Waals surface area contributed by atoms with E-state index in [4.69, 9.17) is 10.00 Å². The third kappa shape index (κ3) is 2.93. The molecule has 1 unspecified atom stereocenters. The highest BCUT2D eigenvalue weighted by molar-refractivity contribution is 5.59. The summed E-state index contributed by atoms with van der Waals surface area (Å²) in [4.78, 5) is 2.30. The number of hydrogen-bond acceptors (Lipinski definition) is 6. The minimum absolute atomic E-state index is 0.298. The van der Waals surface area contributed by atoms with Gasteiger partial charge in [0, 0.05) is 19.1 Å². The van der Waals surface area contributed by atoms with Gasteiger partial charge < -0.3 is 15.0 Å². The van der Waals surface area contributed by atoms with E-state index in [1.54, 1.807) is 19.2 Å². The van der Waals surface area contributed by atoms with E-state index in [-0.39, 0.29) is 0 Å². The Kier molecular flexibility index (Phi) is 4.05. The lowest BCUT2D eigenvalue weighted by molar-refractivity contribution is 0.415. The number of benzene rings is 1. The Balaban J connectivity index is 1.66. The van der Waals surface area contributed by atoms with Crippen LogP contribution in [0.25, 0.3) is 0 Å². The highest BCUT2D eigenvalue weighted by Crippen LogP contribution is 2.30. The average Bonchev–Trinajstić information content (AvgIpc) is 3.04. The number of nitrogens with one attached hydrogen (secondary N) is 1. The molecule has 0 spiro atoms. The van der Waals surface area contributed by atoms with Crippen LogP contribution >= 0.6 is 0 Å². The molecule has 3 rings (SSSR count). The first-order valence-electron chi connectivity index (χ1n) is 7.18. The number of aromatic nitrogens is 2. The second-order valence-electron chi connectivity index (χ2n) is 5.16. The van der Waals surface area contributed by atoms with Crippen LogP contribution in [-0.4, -0.2) is 36.4 Å².